The number of phenols is 1. The molecule has 0 amide bonds. The van der Waals surface area contributed by atoms with Crippen molar-refractivity contribution < 1.29 is 136 Å². The minimum atomic E-state index is -7.96. The molecule has 0 spiro atoms. The zero-order valence-electron chi connectivity index (χ0n) is 74.5. The molecule has 1 aliphatic heterocycles. The highest BCUT2D eigenvalue weighted by Crippen LogP contribution is 2.53. The lowest BCUT2D eigenvalue weighted by Crippen LogP contribution is -2.61. The van der Waals surface area contributed by atoms with E-state index in [1.165, 1.54) is 20.2 Å². The fourth-order valence-electron chi connectivity index (χ4n) is 10.1. The number of rotatable bonds is 40. The molecule has 0 radical (unpaired) electrons. The first-order chi connectivity index (χ1) is 58.1. The molecule has 1 aromatic heterocycles. The molecule has 3 unspecified atom stereocenters. The Labute approximate surface area is 732 Å². The molecule has 1 aliphatic rings. The van der Waals surface area contributed by atoms with Crippen LogP contribution in [-0.2, 0) is 98.1 Å². The van der Waals surface area contributed by atoms with Crippen LogP contribution in [-0.4, -0.2) is 178 Å². The molecular weight excluding hydrogens is 1740 g/mol. The second-order valence-corrected chi connectivity index (χ2v) is 37.6. The molecule has 2 heterocycles. The smallest absolute Gasteiger partial charge is 0.480 e. The number of sulfonamides is 2. The summed E-state index contributed by atoms with van der Waals surface area (Å²) in [5.41, 5.74) is -6.60. The van der Waals surface area contributed by atoms with Gasteiger partial charge in [0.25, 0.3) is 0 Å². The van der Waals surface area contributed by atoms with Crippen LogP contribution in [0, 0.1) is 22.2 Å². The van der Waals surface area contributed by atoms with Gasteiger partial charge < -0.3 is 56.0 Å². The zero-order chi connectivity index (χ0) is 95.4. The fraction of sp³-hybridized carbons (Fsp3) is 0.565. The van der Waals surface area contributed by atoms with Crippen molar-refractivity contribution in [3.05, 3.63) is 155 Å². The topological polar surface area (TPSA) is 342 Å². The standard InChI is InChI=1S/C19H35N5O7.C18H15S.C14H13F9NO7S3.C14H28O2.C10H16O4.C10H14O/c1-8-19(2,3)15(25)30-9-10-31-18-21-16(23(11-26-4)12-27-5)20-17(22-18)24(13-28-6)14-29-7;1-4-10-16(11-5-1)19(17-12-6-2-7-13-17)18-14-8-3-9-15-18;1-3-8(2)9-4-6-10(7-5-9)31-34(29,30)13(19,20)11(15,16)12(17,18)32(25,26)24-33(27,28)14(21,22)23;1-8-13(6,7)12(15)16-14(9-2,10-3)11(4)5;1-4-10(2,3)9(12)14-7-5-8(11)13-6-7;1-3-8(2)9-4-6-10(11)7-5-9/h8-14H2,1-7H3;1-15H;4-8H,3H2,1-2H3;11H,8-10H2,1-7H3;7H,4-6H2,1-3H3;4-8,11H,3H2,1-2H3/q;+1;-1;;;. The van der Waals surface area contributed by atoms with E-state index in [-0.39, 0.29) is 129 Å². The van der Waals surface area contributed by atoms with Gasteiger partial charge in [-0.2, -0.15) is 62.9 Å². The molecular formula is C85H121F9N6O21S4. The van der Waals surface area contributed by atoms with Crippen molar-refractivity contribution in [1.29, 1.82) is 0 Å². The molecule has 6 aromatic rings. The van der Waals surface area contributed by atoms with Crippen molar-refractivity contribution in [2.24, 2.45) is 22.2 Å². The number of ether oxygens (including phenoxy) is 9. The molecule has 0 saturated carbocycles. The number of halogens is 9. The van der Waals surface area contributed by atoms with E-state index in [4.69, 9.17) is 47.7 Å². The molecule has 0 bridgehead atoms. The zero-order valence-corrected chi connectivity index (χ0v) is 77.8. The molecule has 5 aromatic carbocycles. The van der Waals surface area contributed by atoms with Crippen molar-refractivity contribution in [3.63, 3.8) is 0 Å². The number of esters is 4. The molecule has 1 N–H and O–H groups in total. The Hall–Kier alpha value is -8.64. The Bertz CT molecular complexity index is 4450. The van der Waals surface area contributed by atoms with Gasteiger partial charge in [-0.15, -0.1) is 0 Å². The molecule has 40 heteroatoms. The maximum absolute atomic E-state index is 14.0. The maximum Gasteiger partial charge on any atom is 0.480 e. The Kier molecular flexibility index (Phi) is 45.7. The van der Waals surface area contributed by atoms with Crippen LogP contribution in [0.5, 0.6) is 17.5 Å². The average molecular weight is 1860 g/mol. The van der Waals surface area contributed by atoms with Crippen LogP contribution in [0.4, 0.5) is 51.4 Å². The summed E-state index contributed by atoms with van der Waals surface area (Å²) in [6, 6.07) is 43.2. The van der Waals surface area contributed by atoms with Crippen molar-refractivity contribution in [2.75, 3.05) is 85.0 Å². The van der Waals surface area contributed by atoms with Gasteiger partial charge in [-0.3, -0.25) is 29.0 Å². The summed E-state index contributed by atoms with van der Waals surface area (Å²) in [4.78, 5) is 67.0. The summed E-state index contributed by atoms with van der Waals surface area (Å²) < 4.78 is 238. The highest BCUT2D eigenvalue weighted by atomic mass is 32.3. The Morgan fingerprint density at radius 2 is 0.904 bits per heavy atom. The number of carbonyl (C=O) groups excluding carboxylic acids is 4. The van der Waals surface area contributed by atoms with Crippen LogP contribution < -0.4 is 18.7 Å². The van der Waals surface area contributed by atoms with Gasteiger partial charge >= 0.3 is 61.9 Å². The number of aromatic hydroxyl groups is 1. The molecule has 125 heavy (non-hydrogen) atoms. The molecule has 0 aliphatic carbocycles. The average Bonchev–Trinajstić information content (AvgIpc) is 0.865. The van der Waals surface area contributed by atoms with E-state index in [1.807, 2.05) is 74.4 Å². The van der Waals surface area contributed by atoms with Gasteiger partial charge in [0.1, 0.15) is 69.9 Å². The van der Waals surface area contributed by atoms with Crippen molar-refractivity contribution in [2.45, 2.75) is 229 Å². The SMILES string of the molecule is CCC(C)(C)C(=O)OC(CC)(CC)C(C)C.CCC(C)(C)C(=O)OC1COC(=O)C1.CCC(C)(C)C(=O)OCCOc1nc(N(COC)COC)nc(N(COC)COC)n1.CCC(C)c1ccc(O)cc1.CCC(C)c1ccc(OS(=O)(=O)C(F)(F)C(F)(F)C(F)(F)S(=O)(=O)[N-]S(=O)(=O)C(F)(F)F)cc1.c1ccc([S+](c2ccccc2)c2ccccc2)cc1. The number of alkyl halides is 9. The number of phenolic OH excluding ortho intramolecular Hbond substituents is 1. The second kappa shape index (κ2) is 50.8. The number of nitrogens with zero attached hydrogens (tertiary/aromatic N) is 6. The van der Waals surface area contributed by atoms with Gasteiger partial charge in [-0.1, -0.05) is 155 Å². The Balaban J connectivity index is 0.000000530. The van der Waals surface area contributed by atoms with Crippen LogP contribution in [0.15, 0.2) is 154 Å². The van der Waals surface area contributed by atoms with E-state index in [0.717, 1.165) is 37.8 Å². The van der Waals surface area contributed by atoms with Crippen molar-refractivity contribution in [3.8, 4) is 17.5 Å². The third-order valence-electron chi connectivity index (χ3n) is 19.9. The predicted octanol–water partition coefficient (Wildman–Crippen LogP) is 18.7. The summed E-state index contributed by atoms with van der Waals surface area (Å²) in [5, 5.41) is -5.58. The normalized spacial score (nSPS) is 14.0. The van der Waals surface area contributed by atoms with Crippen LogP contribution in [0.25, 0.3) is 4.13 Å². The maximum atomic E-state index is 14.0. The van der Waals surface area contributed by atoms with Crippen molar-refractivity contribution in [1.82, 2.24) is 15.0 Å². The number of anilines is 2. The second-order valence-electron chi connectivity index (χ2n) is 30.5. The van der Waals surface area contributed by atoms with E-state index < -0.39 is 68.7 Å². The first-order valence-electron chi connectivity index (χ1n) is 39.9. The first kappa shape index (κ1) is 112. The van der Waals surface area contributed by atoms with Crippen LogP contribution in [0.1, 0.15) is 192 Å². The van der Waals surface area contributed by atoms with Crippen molar-refractivity contribution >= 4 is 76.8 Å². The van der Waals surface area contributed by atoms with Gasteiger partial charge in [0.15, 0.2) is 34.7 Å². The lowest BCUT2D eigenvalue weighted by Gasteiger charge is -2.38. The van der Waals surface area contributed by atoms with Gasteiger partial charge in [0.05, 0.1) is 33.6 Å². The van der Waals surface area contributed by atoms with Crippen LogP contribution in [0.2, 0.25) is 0 Å². The van der Waals surface area contributed by atoms with Gasteiger partial charge in [-0.05, 0) is 176 Å². The summed E-state index contributed by atoms with van der Waals surface area (Å²) in [5.74, 6) is -7.85. The highest BCUT2D eigenvalue weighted by molar-refractivity contribution is 8.13. The van der Waals surface area contributed by atoms with Crippen LogP contribution >= 0.6 is 0 Å². The number of aromatic nitrogens is 3. The van der Waals surface area contributed by atoms with E-state index >= 15 is 0 Å². The third-order valence-corrected chi connectivity index (χ3v) is 26.5. The minimum Gasteiger partial charge on any atom is -0.508 e. The van der Waals surface area contributed by atoms with E-state index in [2.05, 4.69) is 152 Å². The molecule has 3 atom stereocenters. The molecule has 7 rings (SSSR count). The number of carbonyl (C=O) groups is 4. The van der Waals surface area contributed by atoms with Gasteiger partial charge in [-0.25, -0.2) is 16.8 Å². The lowest BCUT2D eigenvalue weighted by atomic mass is 9.83. The third kappa shape index (κ3) is 33.2. The molecule has 704 valence electrons. The predicted molar refractivity (Wildman–Crippen MR) is 456 cm³/mol. The molecule has 27 nitrogen and oxygen atoms in total. The number of cyclic esters (lactones) is 1. The summed E-state index contributed by atoms with van der Waals surface area (Å²) >= 11 is 0. The molecule has 1 saturated heterocycles. The molecule has 1 fully saturated rings. The first-order valence-corrected chi connectivity index (χ1v) is 45.4. The van der Waals surface area contributed by atoms with E-state index in [0.29, 0.717) is 58.7 Å². The largest absolute Gasteiger partial charge is 0.508 e. The van der Waals surface area contributed by atoms with Gasteiger partial charge in [0.2, 0.25) is 11.9 Å². The van der Waals surface area contributed by atoms with E-state index in [9.17, 15) is 83.9 Å². The Morgan fingerprint density at radius 1 is 0.520 bits per heavy atom. The van der Waals surface area contributed by atoms with Gasteiger partial charge in [0, 0.05) is 28.4 Å². The number of hydrogen-bond acceptors (Lipinski definition) is 26. The number of benzene rings is 5. The fourth-order valence-corrected chi connectivity index (χ4v) is 15.4. The van der Waals surface area contributed by atoms with E-state index in [1.54, 1.807) is 64.2 Å². The minimum absolute atomic E-state index is 0.0146. The number of methoxy groups -OCH3 is 4. The monoisotopic (exact) mass is 1860 g/mol. The Morgan fingerprint density at radius 3 is 1.25 bits per heavy atom. The lowest BCUT2D eigenvalue weighted by molar-refractivity contribution is -0.245. The summed E-state index contributed by atoms with van der Waals surface area (Å²) in [6.07, 6.45) is 5.47. The quantitative estimate of drug-likeness (QED) is 0.00710. The number of hydrogen-bond donors (Lipinski definition) is 1. The summed E-state index contributed by atoms with van der Waals surface area (Å²) in [7, 11) is -16.4. The highest BCUT2D eigenvalue weighted by Gasteiger charge is 2.81. The summed E-state index contributed by atoms with van der Waals surface area (Å²) in [6.45, 7) is 34.4. The van der Waals surface area contributed by atoms with Crippen LogP contribution in [0.3, 0.4) is 0 Å².